The van der Waals surface area contributed by atoms with Gasteiger partial charge in [-0.3, -0.25) is 0 Å². The predicted octanol–water partition coefficient (Wildman–Crippen LogP) is 1.38. The lowest BCUT2D eigenvalue weighted by molar-refractivity contribution is -0.228. The highest BCUT2D eigenvalue weighted by Crippen LogP contribution is 2.40. The Hall–Kier alpha value is -1.06. The molecule has 0 aromatic carbocycles. The van der Waals surface area contributed by atoms with E-state index in [0.717, 1.165) is 6.21 Å². The number of aliphatic imine (C=N–C) groups is 1. The average molecular weight is 343 g/mol. The molecule has 8 heteroatoms. The summed E-state index contributed by atoms with van der Waals surface area (Å²) >= 11 is 0. The predicted molar refractivity (Wildman–Crippen MR) is 85.2 cm³/mol. The number of hydrogen-bond donors (Lipinski definition) is 2. The quantitative estimate of drug-likeness (QED) is 0.592. The van der Waals surface area contributed by atoms with Crippen molar-refractivity contribution in [3.05, 3.63) is 0 Å². The maximum absolute atomic E-state index is 12.9. The Kier molecular flexibility index (Phi) is 4.84. The lowest BCUT2D eigenvalue weighted by Gasteiger charge is -2.32. The van der Waals surface area contributed by atoms with Crippen LogP contribution in [0.5, 0.6) is 0 Å². The Morgan fingerprint density at radius 2 is 1.96 bits per heavy atom. The number of nitrogens with zero attached hydrogens (tertiary/aromatic N) is 1. The van der Waals surface area contributed by atoms with Crippen LogP contribution in [-0.4, -0.2) is 58.9 Å². The van der Waals surface area contributed by atoms with Gasteiger partial charge in [0.1, 0.15) is 12.2 Å². The van der Waals surface area contributed by atoms with Gasteiger partial charge in [-0.2, -0.15) is 10.1 Å². The van der Waals surface area contributed by atoms with Crippen LogP contribution in [0.4, 0.5) is 4.79 Å². The molecule has 2 rings (SSSR count). The molecule has 1 radical (unpaired) electrons. The van der Waals surface area contributed by atoms with E-state index in [1.165, 1.54) is 0 Å². The van der Waals surface area contributed by atoms with Gasteiger partial charge < -0.3 is 24.6 Å². The monoisotopic (exact) mass is 343 g/mol. The van der Waals surface area contributed by atoms with E-state index in [0.29, 0.717) is 0 Å². The third-order valence-corrected chi connectivity index (χ3v) is 4.27. The van der Waals surface area contributed by atoms with Gasteiger partial charge in [0, 0.05) is 18.2 Å². The highest BCUT2D eigenvalue weighted by molar-refractivity contribution is 5.81. The van der Waals surface area contributed by atoms with Crippen LogP contribution in [0.1, 0.15) is 48.0 Å². The topological polar surface area (TPSA) is 109 Å². The van der Waals surface area contributed by atoms with Crippen molar-refractivity contribution in [3.8, 4) is 0 Å². The Balaban J connectivity index is 1.96. The molecule has 0 spiro atoms. The Labute approximate surface area is 142 Å². The summed E-state index contributed by atoms with van der Waals surface area (Å²) in [6.45, 7) is 10.7. The number of carbonyl (C=O) groups excluding carboxylic acids is 1. The Morgan fingerprint density at radius 3 is 2.42 bits per heavy atom. The summed E-state index contributed by atoms with van der Waals surface area (Å²) < 4.78 is 15.9. The maximum Gasteiger partial charge on any atom is 0.436 e. The molecule has 2 N–H and O–H groups in total. The average Bonchev–Trinajstić information content (AvgIpc) is 2.80. The smallest absolute Gasteiger partial charge is 0.410 e. The van der Waals surface area contributed by atoms with Crippen molar-refractivity contribution in [3.63, 3.8) is 0 Å². The summed E-state index contributed by atoms with van der Waals surface area (Å²) in [6, 6.07) is 0. The first-order chi connectivity index (χ1) is 10.8. The van der Waals surface area contributed by atoms with Gasteiger partial charge in [0.25, 0.3) is 5.79 Å². The van der Waals surface area contributed by atoms with Crippen molar-refractivity contribution in [1.29, 1.82) is 0 Å². The molecule has 0 saturated carbocycles. The first-order valence-electron chi connectivity index (χ1n) is 8.02. The molecular weight excluding hydrogens is 316 g/mol. The van der Waals surface area contributed by atoms with Crippen molar-refractivity contribution in [2.45, 2.75) is 82.8 Å². The van der Waals surface area contributed by atoms with Crippen LogP contribution in [-0.2, 0) is 19.3 Å². The third kappa shape index (κ3) is 4.12. The van der Waals surface area contributed by atoms with Gasteiger partial charge >= 0.3 is 6.09 Å². The molecule has 8 nitrogen and oxygen atoms in total. The van der Waals surface area contributed by atoms with Crippen molar-refractivity contribution in [2.24, 2.45) is 4.99 Å². The fourth-order valence-corrected chi connectivity index (χ4v) is 3.24. The normalized spacial score (nSPS) is 35.2. The second kappa shape index (κ2) is 6.03. The van der Waals surface area contributed by atoms with E-state index in [1.807, 2.05) is 13.8 Å². The lowest BCUT2D eigenvalue weighted by Crippen LogP contribution is -2.54. The molecule has 137 valence electrons. The zero-order chi connectivity index (χ0) is 18.4. The molecule has 0 aromatic rings. The molecule has 0 aliphatic carbocycles. The standard InChI is InChI=1S/C16H27N2O6/c1-13(2)9-16(21,14(3,4)18-13)24-12(20)17-7-10(19)11-8-22-15(5,6)23-11/h7,10-11,18-19H,8-9H2,1-6H3. The van der Waals surface area contributed by atoms with Gasteiger partial charge in [-0.25, -0.2) is 4.79 Å². The first-order valence-corrected chi connectivity index (χ1v) is 8.02. The second-order valence-electron chi connectivity index (χ2n) is 8.07. The second-order valence-corrected chi connectivity index (χ2v) is 8.07. The van der Waals surface area contributed by atoms with Crippen molar-refractivity contribution in [2.75, 3.05) is 6.61 Å². The number of amides is 1. The molecule has 1 amide bonds. The van der Waals surface area contributed by atoms with Gasteiger partial charge in [-0.05, 0) is 41.5 Å². The van der Waals surface area contributed by atoms with Crippen LogP contribution in [0.25, 0.3) is 0 Å². The molecule has 2 aliphatic rings. The molecule has 2 heterocycles. The summed E-state index contributed by atoms with van der Waals surface area (Å²) in [5.74, 6) is -2.73. The lowest BCUT2D eigenvalue weighted by atomic mass is 9.93. The SMILES string of the molecule is CC1(C)CC([O])(OC(=O)N=CC(O)C2COC(C)(C)O2)C(C)(C)N1. The summed E-state index contributed by atoms with van der Waals surface area (Å²) in [4.78, 5) is 15.5. The van der Waals surface area contributed by atoms with E-state index in [1.54, 1.807) is 27.7 Å². The number of rotatable bonds is 3. The molecule has 2 saturated heterocycles. The van der Waals surface area contributed by atoms with E-state index in [-0.39, 0.29) is 13.0 Å². The fourth-order valence-electron chi connectivity index (χ4n) is 3.24. The van der Waals surface area contributed by atoms with Crippen LogP contribution in [0.2, 0.25) is 0 Å². The minimum atomic E-state index is -1.94. The molecule has 3 unspecified atom stereocenters. The highest BCUT2D eigenvalue weighted by Gasteiger charge is 2.59. The summed E-state index contributed by atoms with van der Waals surface area (Å²) in [5.41, 5.74) is -1.39. The van der Waals surface area contributed by atoms with Crippen LogP contribution in [0.15, 0.2) is 4.99 Å². The molecule has 24 heavy (non-hydrogen) atoms. The number of carbonyl (C=O) groups is 1. The van der Waals surface area contributed by atoms with Gasteiger partial charge in [0.2, 0.25) is 0 Å². The molecule has 2 fully saturated rings. The van der Waals surface area contributed by atoms with Gasteiger partial charge in [0.05, 0.1) is 12.1 Å². The molecule has 3 atom stereocenters. The van der Waals surface area contributed by atoms with E-state index in [9.17, 15) is 15.0 Å². The number of hydrogen-bond acceptors (Lipinski definition) is 6. The van der Waals surface area contributed by atoms with Gasteiger partial charge in [-0.1, -0.05) is 0 Å². The van der Waals surface area contributed by atoms with E-state index < -0.39 is 41.0 Å². The number of ether oxygens (including phenoxy) is 3. The summed E-state index contributed by atoms with van der Waals surface area (Å²) in [6.07, 6.45) is -1.66. The van der Waals surface area contributed by atoms with E-state index in [4.69, 9.17) is 14.2 Å². The molecule has 0 aromatic heterocycles. The highest BCUT2D eigenvalue weighted by atomic mass is 16.7. The van der Waals surface area contributed by atoms with Gasteiger partial charge in [-0.15, -0.1) is 0 Å². The zero-order valence-corrected chi connectivity index (χ0v) is 15.1. The number of aliphatic hydroxyl groups excluding tert-OH is 1. The fraction of sp³-hybridized carbons (Fsp3) is 0.875. The third-order valence-electron chi connectivity index (χ3n) is 4.27. The van der Waals surface area contributed by atoms with Crippen LogP contribution >= 0.6 is 0 Å². The summed E-state index contributed by atoms with van der Waals surface area (Å²) in [7, 11) is 0. The molecule has 2 aliphatic heterocycles. The van der Waals surface area contributed by atoms with Crippen molar-refractivity contribution in [1.82, 2.24) is 5.32 Å². The van der Waals surface area contributed by atoms with Crippen molar-refractivity contribution >= 4 is 12.3 Å². The van der Waals surface area contributed by atoms with Gasteiger partial charge in [0.15, 0.2) is 5.79 Å². The van der Waals surface area contributed by atoms with Crippen LogP contribution in [0, 0.1) is 0 Å². The minimum absolute atomic E-state index is 0.116. The van der Waals surface area contributed by atoms with Crippen LogP contribution in [0.3, 0.4) is 0 Å². The largest absolute Gasteiger partial charge is 0.436 e. The summed E-state index contributed by atoms with van der Waals surface area (Å²) in [5, 5.41) is 26.0. The van der Waals surface area contributed by atoms with E-state index >= 15 is 0 Å². The van der Waals surface area contributed by atoms with E-state index in [2.05, 4.69) is 10.3 Å². The number of aliphatic hydroxyl groups is 1. The van der Waals surface area contributed by atoms with Crippen LogP contribution < -0.4 is 5.32 Å². The molecular formula is C16H27N2O6. The minimum Gasteiger partial charge on any atom is -0.410 e. The Morgan fingerprint density at radius 1 is 1.33 bits per heavy atom. The van der Waals surface area contributed by atoms with Crippen molar-refractivity contribution < 1.29 is 29.2 Å². The molecule has 0 bridgehead atoms. The zero-order valence-electron chi connectivity index (χ0n) is 15.1. The Bertz CT molecular complexity index is 531. The first kappa shape index (κ1) is 19.3. The maximum atomic E-state index is 12.9. The number of nitrogens with one attached hydrogen (secondary N) is 1.